The van der Waals surface area contributed by atoms with E-state index < -0.39 is 30.1 Å². The van der Waals surface area contributed by atoms with E-state index in [0.29, 0.717) is 0 Å². The van der Waals surface area contributed by atoms with Gasteiger partial charge in [0.15, 0.2) is 0 Å². The van der Waals surface area contributed by atoms with Crippen molar-refractivity contribution >= 4 is 5.69 Å². The van der Waals surface area contributed by atoms with Gasteiger partial charge in [-0.2, -0.15) is 5.10 Å². The molecule has 1 heterocycles. The summed E-state index contributed by atoms with van der Waals surface area (Å²) in [5.74, 6) is -3.25. The van der Waals surface area contributed by atoms with Gasteiger partial charge in [0.2, 0.25) is 0 Å². The fraction of sp³-hybridized carbons (Fsp3) is 0.727. The number of hydrogen-bond acceptors (Lipinski definition) is 6. The van der Waals surface area contributed by atoms with Crippen LogP contribution in [0.1, 0.15) is 11.4 Å². The minimum atomic E-state index is -3.25. The molecule has 8 nitrogen and oxygen atoms in total. The number of hydrogen-bond donors (Lipinski definition) is 3. The first-order chi connectivity index (χ1) is 9.68. The van der Waals surface area contributed by atoms with Crippen LogP contribution in [0.5, 0.6) is 0 Å². The van der Waals surface area contributed by atoms with Gasteiger partial charge < -0.3 is 15.5 Å². The number of nitro groups is 1. The van der Waals surface area contributed by atoms with Crippen LogP contribution >= 0.6 is 0 Å². The van der Waals surface area contributed by atoms with Crippen LogP contribution in [-0.2, 0) is 6.54 Å². The molecule has 10 heteroatoms. The Balaban J connectivity index is 2.58. The molecule has 21 heavy (non-hydrogen) atoms. The lowest BCUT2D eigenvalue weighted by atomic mass is 10.3. The minimum absolute atomic E-state index is 0.0573. The van der Waals surface area contributed by atoms with E-state index >= 15 is 0 Å². The lowest BCUT2D eigenvalue weighted by molar-refractivity contribution is -0.386. The summed E-state index contributed by atoms with van der Waals surface area (Å²) in [5.41, 5.74) is 0.392. The fourth-order valence-corrected chi connectivity index (χ4v) is 1.87. The lowest BCUT2D eigenvalue weighted by Crippen LogP contribution is -2.40. The summed E-state index contributed by atoms with van der Waals surface area (Å²) in [6.07, 6.45) is -1.04. The highest BCUT2D eigenvalue weighted by Gasteiger charge is 2.27. The summed E-state index contributed by atoms with van der Waals surface area (Å²) in [6, 6.07) is 0. The van der Waals surface area contributed by atoms with E-state index in [-0.39, 0.29) is 30.2 Å². The number of aryl methyl sites for hydroxylation is 1. The molecule has 0 fully saturated rings. The topological polar surface area (TPSA) is 113 Å². The van der Waals surface area contributed by atoms with Crippen LogP contribution in [0.4, 0.5) is 14.5 Å². The molecule has 0 saturated heterocycles. The van der Waals surface area contributed by atoms with Gasteiger partial charge in [-0.15, -0.1) is 0 Å². The van der Waals surface area contributed by atoms with Gasteiger partial charge >= 0.3 is 5.69 Å². The van der Waals surface area contributed by atoms with Crippen molar-refractivity contribution in [3.63, 3.8) is 0 Å². The van der Waals surface area contributed by atoms with Crippen LogP contribution in [0.15, 0.2) is 0 Å². The van der Waals surface area contributed by atoms with E-state index in [1.54, 1.807) is 0 Å². The molecule has 0 amide bonds. The summed E-state index contributed by atoms with van der Waals surface area (Å²) < 4.78 is 26.8. The number of aliphatic hydroxyl groups excluding tert-OH is 2. The van der Waals surface area contributed by atoms with Gasteiger partial charge in [-0.1, -0.05) is 0 Å². The molecule has 1 unspecified atom stereocenters. The number of halogens is 2. The Hall–Kier alpha value is -1.65. The third-order valence-corrected chi connectivity index (χ3v) is 2.90. The zero-order valence-corrected chi connectivity index (χ0v) is 11.7. The van der Waals surface area contributed by atoms with Crippen LogP contribution in [0.2, 0.25) is 0 Å². The van der Waals surface area contributed by atoms with Crippen LogP contribution in [-0.4, -0.2) is 56.6 Å². The highest BCUT2D eigenvalue weighted by molar-refractivity contribution is 5.39. The highest BCUT2D eigenvalue weighted by Crippen LogP contribution is 2.21. The molecule has 0 bridgehead atoms. The molecular formula is C11H18F2N4O4. The molecule has 0 aromatic carbocycles. The van der Waals surface area contributed by atoms with Gasteiger partial charge in [-0.05, 0) is 13.8 Å². The van der Waals surface area contributed by atoms with E-state index in [2.05, 4.69) is 10.4 Å². The van der Waals surface area contributed by atoms with Crippen LogP contribution < -0.4 is 5.32 Å². The van der Waals surface area contributed by atoms with E-state index in [9.17, 15) is 24.0 Å². The summed E-state index contributed by atoms with van der Waals surface area (Å²) in [6.45, 7) is 0.726. The first-order valence-electron chi connectivity index (χ1n) is 6.24. The third-order valence-electron chi connectivity index (χ3n) is 2.90. The highest BCUT2D eigenvalue weighted by atomic mass is 19.3. The Morgan fingerprint density at radius 1 is 1.52 bits per heavy atom. The second-order valence-corrected chi connectivity index (χ2v) is 4.76. The van der Waals surface area contributed by atoms with E-state index in [0.717, 1.165) is 0 Å². The molecule has 0 spiro atoms. The number of nitrogens with one attached hydrogen (secondary N) is 1. The monoisotopic (exact) mass is 308 g/mol. The Morgan fingerprint density at radius 3 is 2.62 bits per heavy atom. The third kappa shape index (κ3) is 4.69. The molecule has 120 valence electrons. The number of nitrogens with zero attached hydrogens (tertiary/aromatic N) is 3. The number of aromatic nitrogens is 2. The SMILES string of the molecule is Cc1nn(CC(O)CNCC(F)(F)CO)c(C)c1[N+](=O)[O-]. The molecule has 1 aromatic heterocycles. The Bertz CT molecular complexity index is 507. The van der Waals surface area contributed by atoms with Crippen LogP contribution in [0.25, 0.3) is 0 Å². The summed E-state index contributed by atoms with van der Waals surface area (Å²) >= 11 is 0. The molecule has 0 radical (unpaired) electrons. The molecular weight excluding hydrogens is 290 g/mol. The normalized spacial score (nSPS) is 13.4. The average Bonchev–Trinajstić information content (AvgIpc) is 2.64. The van der Waals surface area contributed by atoms with E-state index in [4.69, 9.17) is 5.11 Å². The fourth-order valence-electron chi connectivity index (χ4n) is 1.87. The van der Waals surface area contributed by atoms with Crippen molar-refractivity contribution in [1.82, 2.24) is 15.1 Å². The summed E-state index contributed by atoms with van der Waals surface area (Å²) in [4.78, 5) is 10.3. The largest absolute Gasteiger partial charge is 0.390 e. The van der Waals surface area contributed by atoms with Crippen LogP contribution in [0.3, 0.4) is 0 Å². The number of alkyl halides is 2. The first kappa shape index (κ1) is 17.4. The zero-order valence-electron chi connectivity index (χ0n) is 11.7. The van der Waals surface area contributed by atoms with Gasteiger partial charge in [0.1, 0.15) is 18.0 Å². The van der Waals surface area contributed by atoms with Crippen molar-refractivity contribution in [2.24, 2.45) is 0 Å². The molecule has 1 rings (SSSR count). The average molecular weight is 308 g/mol. The zero-order chi connectivity index (χ0) is 16.2. The quantitative estimate of drug-likeness (QED) is 0.460. The van der Waals surface area contributed by atoms with Crippen molar-refractivity contribution in [1.29, 1.82) is 0 Å². The molecule has 1 atom stereocenters. The Kier molecular flexibility index (Phi) is 5.70. The maximum absolute atomic E-state index is 12.8. The standard InChI is InChI=1S/C11H18F2N4O4/c1-7-10(17(20)21)8(2)16(15-7)4-9(19)3-14-5-11(12,13)6-18/h9,14,18-19H,3-6H2,1-2H3. The van der Waals surface area contributed by atoms with Crippen molar-refractivity contribution < 1.29 is 23.9 Å². The molecule has 0 aliphatic heterocycles. The predicted octanol–water partition coefficient (Wildman–Crippen LogP) is -0.0138. The second-order valence-electron chi connectivity index (χ2n) is 4.76. The van der Waals surface area contributed by atoms with Crippen molar-refractivity contribution in [3.05, 3.63) is 21.5 Å². The predicted molar refractivity (Wildman–Crippen MR) is 69.3 cm³/mol. The smallest absolute Gasteiger partial charge is 0.312 e. The van der Waals surface area contributed by atoms with Crippen molar-refractivity contribution in [2.45, 2.75) is 32.4 Å². The Labute approximate surface area is 119 Å². The summed E-state index contributed by atoms with van der Waals surface area (Å²) in [7, 11) is 0. The molecule has 0 saturated carbocycles. The number of rotatable bonds is 8. The minimum Gasteiger partial charge on any atom is -0.390 e. The molecule has 0 aliphatic carbocycles. The van der Waals surface area contributed by atoms with E-state index in [1.807, 2.05) is 0 Å². The summed E-state index contributed by atoms with van der Waals surface area (Å²) in [5, 5.41) is 35.2. The Morgan fingerprint density at radius 2 is 2.14 bits per heavy atom. The van der Waals surface area contributed by atoms with Gasteiger partial charge in [0.05, 0.1) is 24.1 Å². The molecule has 3 N–H and O–H groups in total. The van der Waals surface area contributed by atoms with E-state index in [1.165, 1.54) is 18.5 Å². The number of aliphatic hydroxyl groups is 2. The van der Waals surface area contributed by atoms with Gasteiger partial charge in [0.25, 0.3) is 5.92 Å². The van der Waals surface area contributed by atoms with Gasteiger partial charge in [-0.3, -0.25) is 14.8 Å². The maximum atomic E-state index is 12.8. The van der Waals surface area contributed by atoms with Gasteiger partial charge in [0, 0.05) is 6.54 Å². The second kappa shape index (κ2) is 6.87. The van der Waals surface area contributed by atoms with Crippen molar-refractivity contribution in [2.75, 3.05) is 19.7 Å². The molecule has 0 aliphatic rings. The van der Waals surface area contributed by atoms with Crippen LogP contribution in [0, 0.1) is 24.0 Å². The maximum Gasteiger partial charge on any atom is 0.312 e. The lowest BCUT2D eigenvalue weighted by Gasteiger charge is -2.16. The molecule has 1 aromatic rings. The first-order valence-corrected chi connectivity index (χ1v) is 6.24. The van der Waals surface area contributed by atoms with Crippen molar-refractivity contribution in [3.8, 4) is 0 Å². The van der Waals surface area contributed by atoms with Gasteiger partial charge in [-0.25, -0.2) is 8.78 Å².